The SMILES string of the molecule is Cc1cccc(OCCCCn2c(CNC(=O)COc3ccccc3)nc3ccccc32)c1. The van der Waals surface area contributed by atoms with Crippen LogP contribution in [0.1, 0.15) is 24.2 Å². The molecule has 0 spiro atoms. The van der Waals surface area contributed by atoms with E-state index < -0.39 is 0 Å². The standard InChI is InChI=1S/C27H29N3O3/c1-21-10-9-13-23(18-21)32-17-8-7-16-30-25-15-6-5-14-24(25)29-26(30)19-28-27(31)20-33-22-11-3-2-4-12-22/h2-6,9-15,18H,7-8,16-17,19-20H2,1H3,(H,28,31). The van der Waals surface area contributed by atoms with Crippen LogP contribution in [0.5, 0.6) is 11.5 Å². The van der Waals surface area contributed by atoms with Gasteiger partial charge in [0.15, 0.2) is 6.61 Å². The number of aryl methyl sites for hydroxylation is 2. The molecule has 1 amide bonds. The predicted octanol–water partition coefficient (Wildman–Crippen LogP) is 4.90. The first kappa shape index (κ1) is 22.4. The van der Waals surface area contributed by atoms with E-state index in [0.29, 0.717) is 18.9 Å². The van der Waals surface area contributed by atoms with Gasteiger partial charge in [-0.15, -0.1) is 0 Å². The van der Waals surface area contributed by atoms with Crippen molar-refractivity contribution >= 4 is 16.9 Å². The van der Waals surface area contributed by atoms with Crippen LogP contribution in [-0.4, -0.2) is 28.7 Å². The van der Waals surface area contributed by atoms with Crippen LogP contribution in [0, 0.1) is 6.92 Å². The van der Waals surface area contributed by atoms with E-state index in [9.17, 15) is 4.79 Å². The number of ether oxygens (including phenoxy) is 2. The Morgan fingerprint density at radius 3 is 2.55 bits per heavy atom. The number of amides is 1. The molecule has 4 aromatic rings. The van der Waals surface area contributed by atoms with Gasteiger partial charge in [-0.1, -0.05) is 42.5 Å². The molecule has 0 unspecified atom stereocenters. The fourth-order valence-corrected chi connectivity index (χ4v) is 3.67. The average molecular weight is 444 g/mol. The molecule has 1 heterocycles. The zero-order valence-electron chi connectivity index (χ0n) is 18.9. The molecule has 0 atom stereocenters. The average Bonchev–Trinajstić information content (AvgIpc) is 3.19. The normalized spacial score (nSPS) is 10.8. The molecular weight excluding hydrogens is 414 g/mol. The predicted molar refractivity (Wildman–Crippen MR) is 129 cm³/mol. The van der Waals surface area contributed by atoms with Crippen molar-refractivity contribution in [1.82, 2.24) is 14.9 Å². The first-order valence-electron chi connectivity index (χ1n) is 11.3. The monoisotopic (exact) mass is 443 g/mol. The van der Waals surface area contributed by atoms with Crippen molar-refractivity contribution in [3.63, 3.8) is 0 Å². The van der Waals surface area contributed by atoms with Gasteiger partial charge in [-0.2, -0.15) is 0 Å². The first-order chi connectivity index (χ1) is 16.2. The number of aromatic nitrogens is 2. The van der Waals surface area contributed by atoms with Gasteiger partial charge < -0.3 is 19.4 Å². The van der Waals surface area contributed by atoms with Crippen LogP contribution in [0.3, 0.4) is 0 Å². The first-order valence-corrected chi connectivity index (χ1v) is 11.3. The number of nitrogens with one attached hydrogen (secondary N) is 1. The lowest BCUT2D eigenvalue weighted by molar-refractivity contribution is -0.123. The molecule has 0 radical (unpaired) electrons. The Kier molecular flexibility index (Phi) is 7.59. The quantitative estimate of drug-likeness (QED) is 0.335. The highest BCUT2D eigenvalue weighted by molar-refractivity contribution is 5.78. The van der Waals surface area contributed by atoms with Gasteiger partial charge >= 0.3 is 0 Å². The van der Waals surface area contributed by atoms with Crippen LogP contribution in [0.15, 0.2) is 78.9 Å². The lowest BCUT2D eigenvalue weighted by atomic mass is 10.2. The van der Waals surface area contributed by atoms with Crippen molar-refractivity contribution in [1.29, 1.82) is 0 Å². The van der Waals surface area contributed by atoms with Crippen molar-refractivity contribution in [3.05, 3.63) is 90.3 Å². The summed E-state index contributed by atoms with van der Waals surface area (Å²) in [6, 6.07) is 25.5. The van der Waals surface area contributed by atoms with Gasteiger partial charge in [-0.3, -0.25) is 4.79 Å². The topological polar surface area (TPSA) is 65.4 Å². The van der Waals surface area contributed by atoms with E-state index in [1.165, 1.54) is 5.56 Å². The van der Waals surface area contributed by atoms with Crippen LogP contribution in [0.2, 0.25) is 0 Å². The number of unbranched alkanes of at least 4 members (excludes halogenated alkanes) is 1. The van der Waals surface area contributed by atoms with Crippen molar-refractivity contribution in [2.24, 2.45) is 0 Å². The number of imidazole rings is 1. The summed E-state index contributed by atoms with van der Waals surface area (Å²) in [5.41, 5.74) is 3.19. The molecular formula is C27H29N3O3. The summed E-state index contributed by atoms with van der Waals surface area (Å²) in [4.78, 5) is 17.0. The molecule has 6 nitrogen and oxygen atoms in total. The summed E-state index contributed by atoms with van der Waals surface area (Å²) in [6.45, 7) is 3.86. The summed E-state index contributed by atoms with van der Waals surface area (Å²) in [7, 11) is 0. The summed E-state index contributed by atoms with van der Waals surface area (Å²) < 4.78 is 13.6. The second kappa shape index (κ2) is 11.2. The van der Waals surface area contributed by atoms with E-state index >= 15 is 0 Å². The molecule has 0 saturated heterocycles. The minimum atomic E-state index is -0.177. The lowest BCUT2D eigenvalue weighted by Gasteiger charge is -2.11. The van der Waals surface area contributed by atoms with Gasteiger partial charge in [0.2, 0.25) is 0 Å². The Labute approximate surface area is 194 Å². The van der Waals surface area contributed by atoms with Crippen LogP contribution in [0.25, 0.3) is 11.0 Å². The van der Waals surface area contributed by atoms with Gasteiger partial charge in [-0.25, -0.2) is 4.98 Å². The Hall–Kier alpha value is -3.80. The Balaban J connectivity index is 1.30. The number of benzene rings is 3. The van der Waals surface area contributed by atoms with Crippen LogP contribution in [0.4, 0.5) is 0 Å². The third kappa shape index (κ3) is 6.35. The molecule has 0 aliphatic rings. The number of hydrogen-bond donors (Lipinski definition) is 1. The number of para-hydroxylation sites is 3. The van der Waals surface area contributed by atoms with Gasteiger partial charge in [0.25, 0.3) is 5.91 Å². The number of hydrogen-bond acceptors (Lipinski definition) is 4. The van der Waals surface area contributed by atoms with E-state index in [4.69, 9.17) is 14.5 Å². The molecule has 3 aromatic carbocycles. The molecule has 0 fully saturated rings. The van der Waals surface area contributed by atoms with E-state index in [0.717, 1.165) is 42.0 Å². The maximum atomic E-state index is 12.3. The Bertz CT molecular complexity index is 1190. The van der Waals surface area contributed by atoms with Crippen molar-refractivity contribution in [2.75, 3.05) is 13.2 Å². The van der Waals surface area contributed by atoms with Crippen molar-refractivity contribution in [2.45, 2.75) is 32.9 Å². The van der Waals surface area contributed by atoms with Crippen molar-refractivity contribution < 1.29 is 14.3 Å². The zero-order chi connectivity index (χ0) is 22.9. The summed E-state index contributed by atoms with van der Waals surface area (Å²) >= 11 is 0. The Morgan fingerprint density at radius 1 is 0.909 bits per heavy atom. The van der Waals surface area contributed by atoms with E-state index in [2.05, 4.69) is 28.9 Å². The number of nitrogens with zero attached hydrogens (tertiary/aromatic N) is 2. The minimum Gasteiger partial charge on any atom is -0.494 e. The molecule has 0 bridgehead atoms. The Morgan fingerprint density at radius 2 is 1.70 bits per heavy atom. The number of fused-ring (bicyclic) bond motifs is 1. The van der Waals surface area contributed by atoms with Gasteiger partial charge in [0.1, 0.15) is 17.3 Å². The largest absolute Gasteiger partial charge is 0.494 e. The lowest BCUT2D eigenvalue weighted by Crippen LogP contribution is -2.29. The molecule has 6 heteroatoms. The van der Waals surface area contributed by atoms with Crippen LogP contribution < -0.4 is 14.8 Å². The third-order valence-electron chi connectivity index (χ3n) is 5.32. The highest BCUT2D eigenvalue weighted by atomic mass is 16.5. The molecule has 33 heavy (non-hydrogen) atoms. The maximum Gasteiger partial charge on any atom is 0.258 e. The third-order valence-corrected chi connectivity index (χ3v) is 5.32. The molecule has 1 N–H and O–H groups in total. The zero-order valence-corrected chi connectivity index (χ0v) is 18.9. The highest BCUT2D eigenvalue weighted by Gasteiger charge is 2.12. The van der Waals surface area contributed by atoms with Gasteiger partial charge in [0.05, 0.1) is 24.2 Å². The maximum absolute atomic E-state index is 12.3. The molecule has 4 rings (SSSR count). The molecule has 0 saturated carbocycles. The second-order valence-corrected chi connectivity index (χ2v) is 7.92. The minimum absolute atomic E-state index is 0.0272. The second-order valence-electron chi connectivity index (χ2n) is 7.92. The van der Waals surface area contributed by atoms with Crippen LogP contribution >= 0.6 is 0 Å². The summed E-state index contributed by atoms with van der Waals surface area (Å²) in [5.74, 6) is 2.24. The number of carbonyl (C=O) groups is 1. The smallest absolute Gasteiger partial charge is 0.258 e. The number of carbonyl (C=O) groups excluding carboxylic acids is 1. The molecule has 170 valence electrons. The molecule has 1 aromatic heterocycles. The summed E-state index contributed by atoms with van der Waals surface area (Å²) in [5, 5.41) is 2.93. The van der Waals surface area contributed by atoms with E-state index in [1.54, 1.807) is 0 Å². The fraction of sp³-hybridized carbons (Fsp3) is 0.259. The highest BCUT2D eigenvalue weighted by Crippen LogP contribution is 2.18. The molecule has 0 aliphatic carbocycles. The van der Waals surface area contributed by atoms with Crippen LogP contribution in [-0.2, 0) is 17.9 Å². The number of rotatable bonds is 11. The molecule has 0 aliphatic heterocycles. The van der Waals surface area contributed by atoms with Crippen molar-refractivity contribution in [3.8, 4) is 11.5 Å². The fourth-order valence-electron chi connectivity index (χ4n) is 3.67. The van der Waals surface area contributed by atoms with E-state index in [-0.39, 0.29) is 12.5 Å². The van der Waals surface area contributed by atoms with Gasteiger partial charge in [-0.05, 0) is 61.7 Å². The van der Waals surface area contributed by atoms with E-state index in [1.807, 2.05) is 66.7 Å². The van der Waals surface area contributed by atoms with Gasteiger partial charge in [0, 0.05) is 6.54 Å². The summed E-state index contributed by atoms with van der Waals surface area (Å²) in [6.07, 6.45) is 1.88.